The third-order valence-electron chi connectivity index (χ3n) is 7.07. The fourth-order valence-electron chi connectivity index (χ4n) is 5.09. The molecule has 1 fully saturated rings. The van der Waals surface area contributed by atoms with Gasteiger partial charge in [0.05, 0.1) is 23.2 Å². The van der Waals surface area contributed by atoms with E-state index in [1.165, 1.54) is 21.2 Å². The standard InChI is InChI=1S/C29H30N2O5S2/c1-6-36-20(32)15-30-27-24(38-28(30)35)21(17-9-11-18(12-10-17)29(3,4)5)22-23(37-27)26(34)31(25(22)33)19-13-7-16(2)8-14-19/h7-14,21-23H,6,15H2,1-5H3. The average molecular weight is 551 g/mol. The Morgan fingerprint density at radius 1 is 0.974 bits per heavy atom. The second-order valence-corrected chi connectivity index (χ2v) is 12.8. The third kappa shape index (κ3) is 4.52. The van der Waals surface area contributed by atoms with Gasteiger partial charge in [0.1, 0.15) is 11.8 Å². The normalized spacial score (nSPS) is 20.9. The molecule has 198 valence electrons. The molecule has 2 aliphatic rings. The van der Waals surface area contributed by atoms with Crippen molar-refractivity contribution in [3.8, 4) is 0 Å². The van der Waals surface area contributed by atoms with Crippen LogP contribution < -0.4 is 9.77 Å². The van der Waals surface area contributed by atoms with Gasteiger partial charge in [-0.15, -0.1) is 0 Å². The van der Waals surface area contributed by atoms with Crippen LogP contribution in [0.15, 0.2) is 58.4 Å². The van der Waals surface area contributed by atoms with E-state index in [-0.39, 0.29) is 35.3 Å². The van der Waals surface area contributed by atoms with Crippen molar-refractivity contribution < 1.29 is 19.1 Å². The number of fused-ring (bicyclic) bond motifs is 2. The topological polar surface area (TPSA) is 85.7 Å². The van der Waals surface area contributed by atoms with Crippen LogP contribution >= 0.6 is 23.1 Å². The molecule has 5 rings (SSSR count). The van der Waals surface area contributed by atoms with Crippen LogP contribution in [-0.4, -0.2) is 34.2 Å². The van der Waals surface area contributed by atoms with Crippen LogP contribution in [0.25, 0.3) is 0 Å². The van der Waals surface area contributed by atoms with Gasteiger partial charge in [-0.05, 0) is 42.5 Å². The van der Waals surface area contributed by atoms with Crippen LogP contribution in [0.1, 0.15) is 55.2 Å². The molecule has 3 atom stereocenters. The summed E-state index contributed by atoms with van der Waals surface area (Å²) in [6.45, 7) is 10.0. The van der Waals surface area contributed by atoms with Gasteiger partial charge in [0.15, 0.2) is 0 Å². The summed E-state index contributed by atoms with van der Waals surface area (Å²) in [7, 11) is 0. The zero-order valence-electron chi connectivity index (χ0n) is 22.0. The molecule has 3 unspecified atom stereocenters. The number of esters is 1. The van der Waals surface area contributed by atoms with Crippen molar-refractivity contribution in [2.45, 2.75) is 62.8 Å². The first-order chi connectivity index (χ1) is 18.0. The Kier molecular flexibility index (Phi) is 6.86. The summed E-state index contributed by atoms with van der Waals surface area (Å²) >= 11 is 2.25. The van der Waals surface area contributed by atoms with E-state index in [4.69, 9.17) is 4.74 Å². The van der Waals surface area contributed by atoms with Crippen LogP contribution in [0, 0.1) is 12.8 Å². The van der Waals surface area contributed by atoms with Crippen molar-refractivity contribution in [1.29, 1.82) is 0 Å². The fraction of sp³-hybridized carbons (Fsp3) is 0.379. The molecule has 3 heterocycles. The van der Waals surface area contributed by atoms with Crippen molar-refractivity contribution in [3.63, 3.8) is 0 Å². The van der Waals surface area contributed by atoms with E-state index in [1.807, 2.05) is 43.3 Å². The predicted octanol–water partition coefficient (Wildman–Crippen LogP) is 4.87. The van der Waals surface area contributed by atoms with E-state index in [9.17, 15) is 19.2 Å². The molecule has 38 heavy (non-hydrogen) atoms. The zero-order chi connectivity index (χ0) is 27.4. The number of carbonyl (C=O) groups is 3. The first kappa shape index (κ1) is 26.4. The van der Waals surface area contributed by atoms with Crippen LogP contribution in [0.2, 0.25) is 0 Å². The molecule has 0 bridgehead atoms. The number of ether oxygens (including phenoxy) is 1. The van der Waals surface area contributed by atoms with Crippen LogP contribution in [0.3, 0.4) is 0 Å². The van der Waals surface area contributed by atoms with Crippen LogP contribution in [-0.2, 0) is 31.1 Å². The van der Waals surface area contributed by atoms with Gasteiger partial charge in [0, 0.05) is 10.8 Å². The lowest BCUT2D eigenvalue weighted by Gasteiger charge is -2.31. The van der Waals surface area contributed by atoms with Crippen molar-refractivity contribution in [2.24, 2.45) is 5.92 Å². The van der Waals surface area contributed by atoms with Gasteiger partial charge >= 0.3 is 10.8 Å². The summed E-state index contributed by atoms with van der Waals surface area (Å²) in [6, 6.07) is 15.4. The number of carbonyl (C=O) groups excluding carboxylic acids is 3. The quantitative estimate of drug-likeness (QED) is 0.333. The number of aromatic nitrogens is 1. The number of thioether (sulfide) groups is 1. The number of thiazole rings is 1. The monoisotopic (exact) mass is 550 g/mol. The maximum atomic E-state index is 13.9. The lowest BCUT2D eigenvalue weighted by atomic mass is 9.81. The smallest absolute Gasteiger partial charge is 0.326 e. The highest BCUT2D eigenvalue weighted by molar-refractivity contribution is 8.00. The lowest BCUT2D eigenvalue weighted by molar-refractivity contribution is -0.144. The van der Waals surface area contributed by atoms with Crippen molar-refractivity contribution in [3.05, 3.63) is 79.8 Å². The van der Waals surface area contributed by atoms with Gasteiger partial charge in [-0.25, -0.2) is 4.90 Å². The molecule has 1 aromatic heterocycles. The molecule has 0 aliphatic carbocycles. The molecule has 0 saturated carbocycles. The number of hydrogen-bond acceptors (Lipinski definition) is 7. The number of hydrogen-bond donors (Lipinski definition) is 0. The van der Waals surface area contributed by atoms with E-state index in [0.29, 0.717) is 15.6 Å². The average Bonchev–Trinajstić information content (AvgIpc) is 3.30. The second kappa shape index (κ2) is 9.85. The molecule has 7 nitrogen and oxygen atoms in total. The number of benzene rings is 2. The Labute approximate surface area is 229 Å². The summed E-state index contributed by atoms with van der Waals surface area (Å²) in [6.07, 6.45) is 0. The number of nitrogens with zero attached hydrogens (tertiary/aromatic N) is 2. The van der Waals surface area contributed by atoms with Crippen molar-refractivity contribution >= 4 is 46.6 Å². The molecule has 2 amide bonds. The number of imide groups is 1. The predicted molar refractivity (Wildman–Crippen MR) is 149 cm³/mol. The molecule has 2 aliphatic heterocycles. The maximum absolute atomic E-state index is 13.9. The summed E-state index contributed by atoms with van der Waals surface area (Å²) in [5.74, 6) is -2.25. The minimum Gasteiger partial charge on any atom is -0.465 e. The molecule has 1 saturated heterocycles. The maximum Gasteiger partial charge on any atom is 0.326 e. The summed E-state index contributed by atoms with van der Waals surface area (Å²) in [5.41, 5.74) is 3.53. The highest BCUT2D eigenvalue weighted by atomic mass is 32.2. The van der Waals surface area contributed by atoms with Gasteiger partial charge in [-0.2, -0.15) is 0 Å². The Morgan fingerprint density at radius 3 is 2.24 bits per heavy atom. The third-order valence-corrected chi connectivity index (χ3v) is 9.67. The second-order valence-electron chi connectivity index (χ2n) is 10.7. The first-order valence-electron chi connectivity index (χ1n) is 12.6. The van der Waals surface area contributed by atoms with Gasteiger partial charge in [-0.1, -0.05) is 85.8 Å². The van der Waals surface area contributed by atoms with E-state index in [0.717, 1.165) is 28.0 Å². The molecule has 0 N–H and O–H groups in total. The van der Waals surface area contributed by atoms with Gasteiger partial charge in [0.25, 0.3) is 0 Å². The molecule has 9 heteroatoms. The van der Waals surface area contributed by atoms with Crippen molar-refractivity contribution in [1.82, 2.24) is 4.57 Å². The van der Waals surface area contributed by atoms with Crippen LogP contribution in [0.5, 0.6) is 0 Å². The largest absolute Gasteiger partial charge is 0.465 e. The molecule has 0 radical (unpaired) electrons. The molecule has 2 aromatic carbocycles. The minimum absolute atomic E-state index is 0.0518. The molecular weight excluding hydrogens is 520 g/mol. The number of aryl methyl sites for hydroxylation is 1. The fourth-order valence-corrected chi connectivity index (χ4v) is 7.86. The van der Waals surface area contributed by atoms with E-state index < -0.39 is 23.1 Å². The summed E-state index contributed by atoms with van der Waals surface area (Å²) in [4.78, 5) is 54.8. The van der Waals surface area contributed by atoms with Gasteiger partial charge in [-0.3, -0.25) is 23.7 Å². The van der Waals surface area contributed by atoms with Gasteiger partial charge < -0.3 is 4.74 Å². The summed E-state index contributed by atoms with van der Waals surface area (Å²) < 4.78 is 6.49. The SMILES string of the molecule is CCOC(=O)Cn1c2c(sc1=O)C(c1ccc(C(C)(C)C)cc1)C1C(=O)N(c3ccc(C)cc3)C(=O)C1S2. The molecule has 3 aromatic rings. The van der Waals surface area contributed by atoms with Gasteiger partial charge in [0.2, 0.25) is 11.8 Å². The lowest BCUT2D eigenvalue weighted by Crippen LogP contribution is -2.32. The van der Waals surface area contributed by atoms with Crippen LogP contribution in [0.4, 0.5) is 5.69 Å². The Balaban J connectivity index is 1.64. The Morgan fingerprint density at radius 2 is 1.63 bits per heavy atom. The highest BCUT2D eigenvalue weighted by Gasteiger charge is 2.56. The van der Waals surface area contributed by atoms with E-state index >= 15 is 0 Å². The number of rotatable bonds is 5. The zero-order valence-corrected chi connectivity index (χ0v) is 23.7. The van der Waals surface area contributed by atoms with Crippen molar-refractivity contribution in [2.75, 3.05) is 11.5 Å². The molecule has 0 spiro atoms. The number of amides is 2. The minimum atomic E-state index is -0.717. The summed E-state index contributed by atoms with van der Waals surface area (Å²) in [5, 5.41) is -0.155. The molecular formula is C29H30N2O5S2. The first-order valence-corrected chi connectivity index (χ1v) is 14.3. The van der Waals surface area contributed by atoms with E-state index in [2.05, 4.69) is 20.8 Å². The van der Waals surface area contributed by atoms with E-state index in [1.54, 1.807) is 19.1 Å². The Bertz CT molecular complexity index is 1460. The highest BCUT2D eigenvalue weighted by Crippen LogP contribution is 2.54. The Hall–Kier alpha value is -3.17. The number of anilines is 1.